The molecule has 0 saturated heterocycles. The van der Waals surface area contributed by atoms with Crippen molar-refractivity contribution in [2.75, 3.05) is 6.61 Å². The van der Waals surface area contributed by atoms with Crippen molar-refractivity contribution in [2.24, 2.45) is 0 Å². The Kier molecular flexibility index (Phi) is 5.10. The van der Waals surface area contributed by atoms with Gasteiger partial charge in [0.05, 0.1) is 17.7 Å². The second-order valence-electron chi connectivity index (χ2n) is 5.02. The Morgan fingerprint density at radius 1 is 1.30 bits per heavy atom. The van der Waals surface area contributed by atoms with Crippen molar-refractivity contribution in [3.8, 4) is 5.75 Å². The summed E-state index contributed by atoms with van der Waals surface area (Å²) in [4.78, 5) is 48.7. The third-order valence-corrected chi connectivity index (χ3v) is 3.59. The van der Waals surface area contributed by atoms with E-state index < -0.39 is 23.8 Å². The minimum atomic E-state index is -1.02. The van der Waals surface area contributed by atoms with Crippen molar-refractivity contribution in [3.63, 3.8) is 0 Å². The molecule has 0 radical (unpaired) electrons. The number of rotatable bonds is 7. The summed E-state index contributed by atoms with van der Waals surface area (Å²) in [7, 11) is 0. The predicted octanol–water partition coefficient (Wildman–Crippen LogP) is 1.12. The fraction of sp³-hybridized carbons (Fsp3) is 0.375. The zero-order valence-electron chi connectivity index (χ0n) is 13.0. The van der Waals surface area contributed by atoms with E-state index >= 15 is 0 Å². The molecular weight excluding hydrogens is 300 g/mol. The van der Waals surface area contributed by atoms with Gasteiger partial charge in [0.25, 0.3) is 11.8 Å². The molecule has 2 rings (SSSR count). The molecule has 1 aromatic carbocycles. The molecule has 1 N–H and O–H groups in total. The minimum Gasteiger partial charge on any atom is -0.493 e. The van der Waals surface area contributed by atoms with Crippen LogP contribution in [-0.2, 0) is 9.59 Å². The molecule has 0 aromatic heterocycles. The van der Waals surface area contributed by atoms with Crippen LogP contribution >= 0.6 is 0 Å². The van der Waals surface area contributed by atoms with Crippen molar-refractivity contribution in [3.05, 3.63) is 29.3 Å². The first kappa shape index (κ1) is 16.7. The van der Waals surface area contributed by atoms with E-state index in [0.29, 0.717) is 18.8 Å². The number of nitrogens with zero attached hydrogens (tertiary/aromatic N) is 1. The van der Waals surface area contributed by atoms with Crippen LogP contribution in [0.15, 0.2) is 18.2 Å². The SMILES string of the molecule is CCCC(C(=O)NC=O)N1C(=O)c2cccc(OCC)c2C1=O. The van der Waals surface area contributed by atoms with Crippen molar-refractivity contribution in [1.82, 2.24) is 10.2 Å². The van der Waals surface area contributed by atoms with Gasteiger partial charge in [-0.15, -0.1) is 0 Å². The highest BCUT2D eigenvalue weighted by atomic mass is 16.5. The second-order valence-corrected chi connectivity index (χ2v) is 5.02. The third kappa shape index (κ3) is 2.94. The average Bonchev–Trinajstić information content (AvgIpc) is 2.78. The monoisotopic (exact) mass is 318 g/mol. The molecule has 1 atom stereocenters. The fourth-order valence-electron chi connectivity index (χ4n) is 2.64. The van der Waals surface area contributed by atoms with Crippen LogP contribution < -0.4 is 10.1 Å². The van der Waals surface area contributed by atoms with E-state index in [0.717, 1.165) is 4.90 Å². The van der Waals surface area contributed by atoms with Gasteiger partial charge in [0.2, 0.25) is 12.3 Å². The normalized spacial score (nSPS) is 14.4. The maximum atomic E-state index is 12.7. The summed E-state index contributed by atoms with van der Waals surface area (Å²) in [6, 6.07) is 3.74. The third-order valence-electron chi connectivity index (χ3n) is 3.59. The molecule has 1 aliphatic heterocycles. The van der Waals surface area contributed by atoms with E-state index in [4.69, 9.17) is 4.74 Å². The summed E-state index contributed by atoms with van der Waals surface area (Å²) in [5.41, 5.74) is 0.375. The minimum absolute atomic E-state index is 0.166. The Balaban J connectivity index is 2.43. The highest BCUT2D eigenvalue weighted by Crippen LogP contribution is 2.33. The van der Waals surface area contributed by atoms with Crippen LogP contribution in [-0.4, -0.2) is 41.7 Å². The molecule has 0 spiro atoms. The molecule has 4 amide bonds. The van der Waals surface area contributed by atoms with Crippen LogP contribution in [0.5, 0.6) is 5.75 Å². The molecule has 0 aliphatic carbocycles. The summed E-state index contributed by atoms with van der Waals surface area (Å²) in [5.74, 6) is -1.48. The number of carbonyl (C=O) groups is 4. The Hall–Kier alpha value is -2.70. The van der Waals surface area contributed by atoms with Gasteiger partial charge in [-0.2, -0.15) is 0 Å². The predicted molar refractivity (Wildman–Crippen MR) is 81.0 cm³/mol. The fourth-order valence-corrected chi connectivity index (χ4v) is 2.64. The Morgan fingerprint density at radius 2 is 2.04 bits per heavy atom. The highest BCUT2D eigenvalue weighted by molar-refractivity contribution is 6.24. The zero-order valence-corrected chi connectivity index (χ0v) is 13.0. The van der Waals surface area contributed by atoms with Gasteiger partial charge in [0.1, 0.15) is 11.8 Å². The average molecular weight is 318 g/mol. The smallest absolute Gasteiger partial charge is 0.266 e. The van der Waals surface area contributed by atoms with Crippen LogP contribution in [0, 0.1) is 0 Å². The summed E-state index contributed by atoms with van der Waals surface area (Å²) >= 11 is 0. The van der Waals surface area contributed by atoms with Crippen LogP contribution in [0.25, 0.3) is 0 Å². The lowest BCUT2D eigenvalue weighted by atomic mass is 10.1. The van der Waals surface area contributed by atoms with Crippen molar-refractivity contribution >= 4 is 24.1 Å². The van der Waals surface area contributed by atoms with E-state index in [1.54, 1.807) is 19.1 Å². The van der Waals surface area contributed by atoms with Gasteiger partial charge in [0, 0.05) is 0 Å². The van der Waals surface area contributed by atoms with E-state index in [1.165, 1.54) is 6.07 Å². The number of fused-ring (bicyclic) bond motifs is 1. The van der Waals surface area contributed by atoms with Gasteiger partial charge in [-0.25, -0.2) is 0 Å². The van der Waals surface area contributed by atoms with Gasteiger partial charge in [-0.05, 0) is 25.5 Å². The van der Waals surface area contributed by atoms with Crippen LogP contribution in [0.4, 0.5) is 0 Å². The number of hydrogen-bond acceptors (Lipinski definition) is 5. The molecule has 1 aromatic rings. The Labute approximate surface area is 133 Å². The maximum absolute atomic E-state index is 12.7. The first-order chi connectivity index (χ1) is 11.1. The molecule has 0 bridgehead atoms. The first-order valence-electron chi connectivity index (χ1n) is 7.44. The molecule has 1 aliphatic rings. The van der Waals surface area contributed by atoms with Gasteiger partial charge < -0.3 is 4.74 Å². The van der Waals surface area contributed by atoms with Gasteiger partial charge in [0.15, 0.2) is 0 Å². The first-order valence-corrected chi connectivity index (χ1v) is 7.44. The molecule has 0 saturated carbocycles. The van der Waals surface area contributed by atoms with E-state index in [9.17, 15) is 19.2 Å². The van der Waals surface area contributed by atoms with Crippen molar-refractivity contribution in [1.29, 1.82) is 0 Å². The molecule has 122 valence electrons. The maximum Gasteiger partial charge on any atom is 0.266 e. The summed E-state index contributed by atoms with van der Waals surface area (Å²) in [6.07, 6.45) is 1.09. The second kappa shape index (κ2) is 7.04. The van der Waals surface area contributed by atoms with Gasteiger partial charge >= 0.3 is 0 Å². The number of amides is 4. The van der Waals surface area contributed by atoms with Crippen LogP contribution in [0.3, 0.4) is 0 Å². The van der Waals surface area contributed by atoms with Crippen molar-refractivity contribution in [2.45, 2.75) is 32.7 Å². The zero-order chi connectivity index (χ0) is 17.0. The molecule has 0 fully saturated rings. The quantitative estimate of drug-likeness (QED) is 0.601. The summed E-state index contributed by atoms with van der Waals surface area (Å²) in [6.45, 7) is 3.95. The van der Waals surface area contributed by atoms with Crippen LogP contribution in [0.1, 0.15) is 47.4 Å². The lowest BCUT2D eigenvalue weighted by molar-refractivity contribution is -0.128. The number of imide groups is 2. The van der Waals surface area contributed by atoms with Crippen LogP contribution in [0.2, 0.25) is 0 Å². The largest absolute Gasteiger partial charge is 0.493 e. The lowest BCUT2D eigenvalue weighted by Gasteiger charge is -2.24. The molecular formula is C16H18N2O5. The number of ether oxygens (including phenoxy) is 1. The Bertz CT molecular complexity index is 656. The molecule has 7 heteroatoms. The number of hydrogen-bond donors (Lipinski definition) is 1. The summed E-state index contributed by atoms with van der Waals surface area (Å²) in [5, 5.41) is 2.02. The topological polar surface area (TPSA) is 92.8 Å². The molecule has 7 nitrogen and oxygen atoms in total. The Morgan fingerprint density at radius 3 is 2.65 bits per heavy atom. The lowest BCUT2D eigenvalue weighted by Crippen LogP contribution is -2.49. The number of benzene rings is 1. The molecule has 1 heterocycles. The van der Waals surface area contributed by atoms with E-state index in [-0.39, 0.29) is 24.0 Å². The standard InChI is InChI=1S/C16H18N2O5/c1-3-6-11(14(20)17-9-19)18-15(21)10-7-5-8-12(23-4-2)13(10)16(18)22/h5,7-9,11H,3-4,6H2,1-2H3,(H,17,19,20). The van der Waals surface area contributed by atoms with Gasteiger partial charge in [-0.3, -0.25) is 29.4 Å². The molecule has 23 heavy (non-hydrogen) atoms. The number of nitrogens with one attached hydrogen (secondary N) is 1. The van der Waals surface area contributed by atoms with Gasteiger partial charge in [-0.1, -0.05) is 19.4 Å². The highest BCUT2D eigenvalue weighted by Gasteiger charge is 2.44. The van der Waals surface area contributed by atoms with Crippen molar-refractivity contribution < 1.29 is 23.9 Å². The summed E-state index contributed by atoms with van der Waals surface area (Å²) < 4.78 is 5.41. The van der Waals surface area contributed by atoms with E-state index in [2.05, 4.69) is 0 Å². The molecule has 1 unspecified atom stereocenters. The number of carbonyl (C=O) groups excluding carboxylic acids is 4. The van der Waals surface area contributed by atoms with E-state index in [1.807, 2.05) is 12.2 Å².